The Labute approximate surface area is 275 Å². The number of nitrogen functional groups attached to an aromatic ring is 1. The first-order valence-corrected chi connectivity index (χ1v) is 17.3. The van der Waals surface area contributed by atoms with E-state index in [1.54, 1.807) is 6.92 Å². The molecule has 46 heavy (non-hydrogen) atoms. The van der Waals surface area contributed by atoms with Gasteiger partial charge in [-0.1, -0.05) is 104 Å². The molecule has 2 heterocycles. The Morgan fingerprint density at radius 1 is 0.891 bits per heavy atom. The standard InChI is InChI=1S/C32H55N5O7.C2H6/c1-4-5-6-7-8-9-10-11-12-13-14-15-16-17-19-43-20-18-26(38)44-22-25(42-3)28(39)32(41)37-21-24(30(34)40)27-29(33)35-23(2)36-31(27)37;1-2/h21,25,28,32,39,41H,4-20,22H2,1-3H3,(H2,34,40)(H2,33,35,36);1-2H3/t25-,28-,32-;/m1./s1. The van der Waals surface area contributed by atoms with Gasteiger partial charge in [0.25, 0.3) is 5.91 Å². The summed E-state index contributed by atoms with van der Waals surface area (Å²) < 4.78 is 17.3. The molecule has 0 aromatic carbocycles. The van der Waals surface area contributed by atoms with E-state index in [4.69, 9.17) is 25.7 Å². The van der Waals surface area contributed by atoms with Crippen LogP contribution in [-0.2, 0) is 19.0 Å². The summed E-state index contributed by atoms with van der Waals surface area (Å²) in [4.78, 5) is 32.5. The number of fused-ring (bicyclic) bond motifs is 1. The van der Waals surface area contributed by atoms with Crippen molar-refractivity contribution in [1.29, 1.82) is 0 Å². The number of primary amides is 1. The largest absolute Gasteiger partial charge is 0.463 e. The van der Waals surface area contributed by atoms with Gasteiger partial charge in [-0.25, -0.2) is 9.97 Å². The number of carbonyl (C=O) groups is 2. The van der Waals surface area contributed by atoms with Gasteiger partial charge in [-0.3, -0.25) is 9.59 Å². The van der Waals surface area contributed by atoms with E-state index in [-0.39, 0.29) is 42.0 Å². The summed E-state index contributed by atoms with van der Waals surface area (Å²) in [5.74, 6) is -0.979. The van der Waals surface area contributed by atoms with Crippen LogP contribution in [0.25, 0.3) is 11.0 Å². The molecular formula is C34H61N5O7. The molecule has 1 amide bonds. The van der Waals surface area contributed by atoms with Crippen molar-refractivity contribution < 1.29 is 34.0 Å². The zero-order chi connectivity index (χ0) is 34.3. The normalized spacial score (nSPS) is 13.2. The number of nitrogens with zero attached hydrogens (tertiary/aromatic N) is 3. The van der Waals surface area contributed by atoms with E-state index in [0.29, 0.717) is 12.4 Å². The third-order valence-electron chi connectivity index (χ3n) is 7.85. The lowest BCUT2D eigenvalue weighted by Crippen LogP contribution is -2.40. The first-order chi connectivity index (χ1) is 22.2. The van der Waals surface area contributed by atoms with Gasteiger partial charge in [-0.15, -0.1) is 0 Å². The highest BCUT2D eigenvalue weighted by Crippen LogP contribution is 2.28. The Morgan fingerprint density at radius 2 is 1.43 bits per heavy atom. The fourth-order valence-electron chi connectivity index (χ4n) is 5.24. The summed E-state index contributed by atoms with van der Waals surface area (Å²) in [5.41, 5.74) is 11.6. The van der Waals surface area contributed by atoms with Gasteiger partial charge in [0.15, 0.2) is 6.23 Å². The molecule has 0 saturated carbocycles. The zero-order valence-corrected chi connectivity index (χ0v) is 29.0. The number of methoxy groups -OCH3 is 1. The van der Waals surface area contributed by atoms with Crippen molar-refractivity contribution >= 4 is 28.7 Å². The molecule has 0 aliphatic heterocycles. The van der Waals surface area contributed by atoms with Crippen molar-refractivity contribution in [3.63, 3.8) is 0 Å². The first-order valence-electron chi connectivity index (χ1n) is 17.3. The Kier molecular flexibility index (Phi) is 21.9. The minimum Gasteiger partial charge on any atom is -0.463 e. The number of carbonyl (C=O) groups excluding carboxylic acids is 2. The fourth-order valence-corrected chi connectivity index (χ4v) is 5.24. The minimum atomic E-state index is -1.61. The van der Waals surface area contributed by atoms with Crippen LogP contribution in [0.15, 0.2) is 6.20 Å². The van der Waals surface area contributed by atoms with Crippen LogP contribution in [0.3, 0.4) is 0 Å². The number of aryl methyl sites for hydroxylation is 1. The maximum Gasteiger partial charge on any atom is 0.308 e. The topological polar surface area (TPSA) is 185 Å². The summed E-state index contributed by atoms with van der Waals surface area (Å²) in [6.07, 6.45) is 15.2. The van der Waals surface area contributed by atoms with Crippen molar-refractivity contribution in [2.24, 2.45) is 5.73 Å². The van der Waals surface area contributed by atoms with Crippen molar-refractivity contribution in [1.82, 2.24) is 14.5 Å². The predicted molar refractivity (Wildman–Crippen MR) is 181 cm³/mol. The molecule has 3 atom stereocenters. The number of unbranched alkanes of at least 4 members (excludes halogenated alkanes) is 13. The van der Waals surface area contributed by atoms with Crippen molar-refractivity contribution in [3.8, 4) is 0 Å². The molecule has 6 N–H and O–H groups in total. The van der Waals surface area contributed by atoms with E-state index < -0.39 is 30.3 Å². The third kappa shape index (κ3) is 14.7. The van der Waals surface area contributed by atoms with Gasteiger partial charge < -0.3 is 40.5 Å². The van der Waals surface area contributed by atoms with Crippen LogP contribution < -0.4 is 11.5 Å². The molecule has 0 fully saturated rings. The Morgan fingerprint density at radius 3 is 1.96 bits per heavy atom. The van der Waals surface area contributed by atoms with E-state index >= 15 is 0 Å². The van der Waals surface area contributed by atoms with E-state index in [1.165, 1.54) is 94.9 Å². The highest BCUT2D eigenvalue weighted by Gasteiger charge is 2.31. The lowest BCUT2D eigenvalue weighted by Gasteiger charge is -2.26. The summed E-state index contributed by atoms with van der Waals surface area (Å²) in [7, 11) is 1.32. The molecular weight excluding hydrogens is 590 g/mol. The number of aromatic nitrogens is 3. The fraction of sp³-hybridized carbons (Fsp3) is 0.765. The van der Waals surface area contributed by atoms with Crippen LogP contribution in [0.5, 0.6) is 0 Å². The van der Waals surface area contributed by atoms with Crippen molar-refractivity contribution in [2.45, 2.75) is 142 Å². The van der Waals surface area contributed by atoms with Gasteiger partial charge in [-0.05, 0) is 13.3 Å². The van der Waals surface area contributed by atoms with Gasteiger partial charge in [0.2, 0.25) is 0 Å². The van der Waals surface area contributed by atoms with E-state index in [2.05, 4.69) is 16.9 Å². The number of aliphatic hydroxyl groups is 2. The Balaban J connectivity index is 0.00000518. The SMILES string of the molecule is CC.CCCCCCCCCCCCCCCCOCCC(=O)OC[C@@H](OC)[C@@H](O)[C@@H](O)n1cc(C(N)=O)c2c(N)nc(C)nc21. The molecule has 12 heteroatoms. The number of rotatable bonds is 25. The maximum absolute atomic E-state index is 12.2. The third-order valence-corrected chi connectivity index (χ3v) is 7.85. The highest BCUT2D eigenvalue weighted by molar-refractivity contribution is 6.08. The van der Waals surface area contributed by atoms with Crippen LogP contribution in [0, 0.1) is 6.92 Å². The van der Waals surface area contributed by atoms with E-state index in [1.807, 2.05) is 13.8 Å². The molecule has 2 aromatic rings. The summed E-state index contributed by atoms with van der Waals surface area (Å²) in [6, 6.07) is 0. The number of anilines is 1. The first kappa shape index (κ1) is 41.2. The number of esters is 1. The molecule has 12 nitrogen and oxygen atoms in total. The summed E-state index contributed by atoms with van der Waals surface area (Å²) in [6.45, 7) is 8.39. The Hall–Kier alpha value is -2.80. The molecule has 0 saturated heterocycles. The van der Waals surface area contributed by atoms with E-state index in [9.17, 15) is 19.8 Å². The average molecular weight is 652 g/mol. The molecule has 0 radical (unpaired) electrons. The minimum absolute atomic E-state index is 0.00164. The van der Waals surface area contributed by atoms with E-state index in [0.717, 1.165) is 12.8 Å². The van der Waals surface area contributed by atoms with Crippen molar-refractivity contribution in [2.75, 3.05) is 32.7 Å². The number of hydrogen-bond donors (Lipinski definition) is 4. The molecule has 2 rings (SSSR count). The number of aliphatic hydroxyl groups excluding tert-OH is 2. The predicted octanol–water partition coefficient (Wildman–Crippen LogP) is 5.75. The van der Waals surface area contributed by atoms with Crippen LogP contribution in [0.1, 0.15) is 139 Å². The highest BCUT2D eigenvalue weighted by atomic mass is 16.6. The molecule has 0 unspecified atom stereocenters. The Bertz CT molecular complexity index is 1130. The smallest absolute Gasteiger partial charge is 0.308 e. The van der Waals surface area contributed by atoms with Crippen molar-refractivity contribution in [3.05, 3.63) is 17.6 Å². The second-order valence-electron chi connectivity index (χ2n) is 11.5. The molecule has 0 bridgehead atoms. The number of ether oxygens (including phenoxy) is 3. The van der Waals surface area contributed by atoms with Crippen LogP contribution in [0.4, 0.5) is 5.82 Å². The van der Waals surface area contributed by atoms with Crippen LogP contribution >= 0.6 is 0 Å². The maximum atomic E-state index is 12.2. The van der Waals surface area contributed by atoms with Gasteiger partial charge in [0, 0.05) is 19.9 Å². The van der Waals surface area contributed by atoms with Crippen LogP contribution in [0.2, 0.25) is 0 Å². The molecule has 264 valence electrons. The summed E-state index contributed by atoms with van der Waals surface area (Å²) in [5, 5.41) is 21.9. The molecule has 2 aromatic heterocycles. The van der Waals surface area contributed by atoms with Crippen LogP contribution in [-0.4, -0.2) is 75.8 Å². The number of nitrogens with two attached hydrogens (primary N) is 2. The lowest BCUT2D eigenvalue weighted by atomic mass is 10.0. The molecule has 0 aliphatic carbocycles. The van der Waals surface area contributed by atoms with Gasteiger partial charge in [-0.2, -0.15) is 0 Å². The second kappa shape index (κ2) is 24.4. The zero-order valence-electron chi connectivity index (χ0n) is 29.0. The summed E-state index contributed by atoms with van der Waals surface area (Å²) >= 11 is 0. The quantitative estimate of drug-likeness (QED) is 0.0761. The number of hydrogen-bond acceptors (Lipinski definition) is 10. The average Bonchev–Trinajstić information content (AvgIpc) is 3.43. The lowest BCUT2D eigenvalue weighted by molar-refractivity contribution is -0.158. The molecule has 0 aliphatic rings. The second-order valence-corrected chi connectivity index (χ2v) is 11.5. The van der Waals surface area contributed by atoms with Gasteiger partial charge in [0.1, 0.15) is 36.1 Å². The monoisotopic (exact) mass is 651 g/mol. The van der Waals surface area contributed by atoms with Gasteiger partial charge >= 0.3 is 5.97 Å². The number of amides is 1. The van der Waals surface area contributed by atoms with Gasteiger partial charge in [0.05, 0.1) is 24.0 Å². The molecule has 0 spiro atoms.